The van der Waals surface area contributed by atoms with Gasteiger partial charge in [0.15, 0.2) is 0 Å². The van der Waals surface area contributed by atoms with Crippen molar-refractivity contribution in [3.8, 4) is 5.75 Å². The van der Waals surface area contributed by atoms with Crippen molar-refractivity contribution in [3.63, 3.8) is 0 Å². The lowest BCUT2D eigenvalue weighted by Crippen LogP contribution is -2.30. The Morgan fingerprint density at radius 2 is 1.90 bits per heavy atom. The van der Waals surface area contributed by atoms with Gasteiger partial charge in [-0.1, -0.05) is 36.4 Å². The third-order valence-corrected chi connectivity index (χ3v) is 3.81. The van der Waals surface area contributed by atoms with E-state index in [2.05, 4.69) is 10.6 Å². The molecule has 1 aliphatic rings. The van der Waals surface area contributed by atoms with Crippen LogP contribution in [-0.4, -0.2) is 19.6 Å². The van der Waals surface area contributed by atoms with Gasteiger partial charge in [0.25, 0.3) is 5.91 Å². The van der Waals surface area contributed by atoms with Crippen LogP contribution in [0.5, 0.6) is 5.75 Å². The van der Waals surface area contributed by atoms with E-state index in [-0.39, 0.29) is 11.9 Å². The summed E-state index contributed by atoms with van der Waals surface area (Å²) in [4.78, 5) is 12.6. The van der Waals surface area contributed by atoms with Gasteiger partial charge < -0.3 is 15.4 Å². The number of carbonyl (C=O) groups is 1. The average Bonchev–Trinajstić information content (AvgIpc) is 2.69. The molecule has 0 aromatic heterocycles. The minimum Gasteiger partial charge on any atom is -0.495 e. The Bertz CT molecular complexity index is 668. The molecule has 2 aromatic carbocycles. The summed E-state index contributed by atoms with van der Waals surface area (Å²) < 4.78 is 5.37. The van der Waals surface area contributed by atoms with Crippen molar-refractivity contribution >= 4 is 11.6 Å². The predicted molar refractivity (Wildman–Crippen MR) is 82.9 cm³/mol. The third-order valence-electron chi connectivity index (χ3n) is 3.81. The number of anilines is 1. The molecule has 4 nitrogen and oxygen atoms in total. The minimum atomic E-state index is -0.0692. The summed E-state index contributed by atoms with van der Waals surface area (Å²) in [5.41, 5.74) is 3.45. The van der Waals surface area contributed by atoms with Crippen LogP contribution in [0.3, 0.4) is 0 Å². The largest absolute Gasteiger partial charge is 0.495 e. The van der Waals surface area contributed by atoms with Gasteiger partial charge in [0.2, 0.25) is 0 Å². The molecule has 4 heteroatoms. The van der Waals surface area contributed by atoms with Crippen molar-refractivity contribution in [1.82, 2.24) is 5.32 Å². The van der Waals surface area contributed by atoms with Crippen LogP contribution in [0.4, 0.5) is 5.69 Å². The lowest BCUT2D eigenvalue weighted by molar-refractivity contribution is 0.0941. The quantitative estimate of drug-likeness (QED) is 0.890. The normalized spacial score (nSPS) is 17.2. The molecule has 1 amide bonds. The van der Waals surface area contributed by atoms with Crippen LogP contribution in [0.1, 0.15) is 27.5 Å². The van der Waals surface area contributed by atoms with Crippen LogP contribution in [-0.2, 0) is 0 Å². The zero-order valence-electron chi connectivity index (χ0n) is 12.1. The van der Waals surface area contributed by atoms with Crippen molar-refractivity contribution < 1.29 is 9.53 Å². The van der Waals surface area contributed by atoms with E-state index in [9.17, 15) is 4.79 Å². The highest BCUT2D eigenvalue weighted by Crippen LogP contribution is 2.33. The first-order valence-electron chi connectivity index (χ1n) is 6.98. The lowest BCUT2D eigenvalue weighted by atomic mass is 10.0. The summed E-state index contributed by atoms with van der Waals surface area (Å²) in [6, 6.07) is 13.7. The van der Waals surface area contributed by atoms with E-state index in [1.165, 1.54) is 0 Å². The summed E-state index contributed by atoms with van der Waals surface area (Å²) in [5.74, 6) is 0.625. The van der Waals surface area contributed by atoms with E-state index in [1.54, 1.807) is 7.11 Å². The summed E-state index contributed by atoms with van der Waals surface area (Å²) in [5, 5.41) is 6.44. The van der Waals surface area contributed by atoms with Crippen LogP contribution < -0.4 is 15.4 Å². The highest BCUT2D eigenvalue weighted by atomic mass is 16.5. The van der Waals surface area contributed by atoms with E-state index >= 15 is 0 Å². The molecule has 2 N–H and O–H groups in total. The Balaban J connectivity index is 2.00. The molecule has 1 atom stereocenters. The Kier molecular flexibility index (Phi) is 3.52. The van der Waals surface area contributed by atoms with Crippen molar-refractivity contribution in [2.24, 2.45) is 0 Å². The van der Waals surface area contributed by atoms with Crippen LogP contribution in [0.2, 0.25) is 0 Å². The molecular formula is C17H18N2O2. The van der Waals surface area contributed by atoms with Gasteiger partial charge >= 0.3 is 0 Å². The molecule has 0 saturated heterocycles. The molecule has 0 bridgehead atoms. The van der Waals surface area contributed by atoms with Crippen LogP contribution in [0.25, 0.3) is 0 Å². The fraction of sp³-hybridized carbons (Fsp3) is 0.235. The van der Waals surface area contributed by atoms with Gasteiger partial charge in [-0.25, -0.2) is 0 Å². The molecule has 0 saturated carbocycles. The van der Waals surface area contributed by atoms with Crippen molar-refractivity contribution in [3.05, 3.63) is 59.2 Å². The SMILES string of the molecule is COc1ccc(C)c2c1NCC(c1ccccc1)NC2=O. The number of rotatable bonds is 2. The number of fused-ring (bicyclic) bond motifs is 1. The predicted octanol–water partition coefficient (Wildman–Crippen LogP) is 2.90. The van der Waals surface area contributed by atoms with Gasteiger partial charge in [-0.3, -0.25) is 4.79 Å². The monoisotopic (exact) mass is 282 g/mol. The second-order valence-electron chi connectivity index (χ2n) is 5.15. The van der Waals surface area contributed by atoms with E-state index in [0.717, 1.165) is 16.8 Å². The van der Waals surface area contributed by atoms with Crippen molar-refractivity contribution in [1.29, 1.82) is 0 Å². The van der Waals surface area contributed by atoms with E-state index in [4.69, 9.17) is 4.74 Å². The first-order chi connectivity index (χ1) is 10.2. The van der Waals surface area contributed by atoms with Crippen LogP contribution in [0, 0.1) is 6.92 Å². The average molecular weight is 282 g/mol. The molecule has 1 heterocycles. The molecule has 108 valence electrons. The standard InChI is InChI=1S/C17H18N2O2/c1-11-8-9-14(21-2)16-15(11)17(20)19-13(10-18-16)12-6-4-3-5-7-12/h3-9,13,18H,10H2,1-2H3,(H,19,20). The van der Waals surface area contributed by atoms with Crippen LogP contribution >= 0.6 is 0 Å². The first kappa shape index (κ1) is 13.5. The molecule has 2 aromatic rings. The summed E-state index contributed by atoms with van der Waals surface area (Å²) in [7, 11) is 1.62. The molecule has 0 spiro atoms. The molecule has 1 aliphatic heterocycles. The van der Waals surface area contributed by atoms with Gasteiger partial charge in [0.05, 0.1) is 24.4 Å². The maximum atomic E-state index is 12.6. The van der Waals surface area contributed by atoms with Crippen molar-refractivity contribution in [2.45, 2.75) is 13.0 Å². The van der Waals surface area contributed by atoms with E-state index in [0.29, 0.717) is 17.9 Å². The number of ether oxygens (including phenoxy) is 1. The molecule has 3 rings (SSSR count). The number of methoxy groups -OCH3 is 1. The number of hydrogen-bond acceptors (Lipinski definition) is 3. The zero-order chi connectivity index (χ0) is 14.8. The lowest BCUT2D eigenvalue weighted by Gasteiger charge is -2.16. The highest BCUT2D eigenvalue weighted by Gasteiger charge is 2.26. The molecular weight excluding hydrogens is 264 g/mol. The molecule has 0 fully saturated rings. The maximum absolute atomic E-state index is 12.6. The minimum absolute atomic E-state index is 0.0600. The number of aryl methyl sites for hydroxylation is 1. The Labute approximate surface area is 124 Å². The zero-order valence-corrected chi connectivity index (χ0v) is 12.1. The second-order valence-corrected chi connectivity index (χ2v) is 5.15. The first-order valence-corrected chi connectivity index (χ1v) is 6.98. The molecule has 21 heavy (non-hydrogen) atoms. The maximum Gasteiger partial charge on any atom is 0.254 e. The number of benzene rings is 2. The fourth-order valence-electron chi connectivity index (χ4n) is 2.70. The summed E-state index contributed by atoms with van der Waals surface area (Å²) >= 11 is 0. The number of hydrogen-bond donors (Lipinski definition) is 2. The molecule has 0 aliphatic carbocycles. The van der Waals surface area contributed by atoms with Gasteiger partial charge in [0, 0.05) is 6.54 Å². The summed E-state index contributed by atoms with van der Waals surface area (Å²) in [6.07, 6.45) is 0. The van der Waals surface area contributed by atoms with E-state index in [1.807, 2.05) is 49.4 Å². The molecule has 0 radical (unpaired) electrons. The molecule has 1 unspecified atom stereocenters. The Morgan fingerprint density at radius 3 is 2.62 bits per heavy atom. The van der Waals surface area contributed by atoms with E-state index < -0.39 is 0 Å². The number of amides is 1. The van der Waals surface area contributed by atoms with Gasteiger partial charge in [-0.2, -0.15) is 0 Å². The summed E-state index contributed by atoms with van der Waals surface area (Å²) in [6.45, 7) is 2.56. The fourth-order valence-corrected chi connectivity index (χ4v) is 2.70. The smallest absolute Gasteiger partial charge is 0.254 e. The van der Waals surface area contributed by atoms with Crippen molar-refractivity contribution in [2.75, 3.05) is 19.0 Å². The van der Waals surface area contributed by atoms with Gasteiger partial charge in [-0.15, -0.1) is 0 Å². The van der Waals surface area contributed by atoms with Crippen LogP contribution in [0.15, 0.2) is 42.5 Å². The van der Waals surface area contributed by atoms with Gasteiger partial charge in [-0.05, 0) is 24.1 Å². The number of nitrogens with one attached hydrogen (secondary N) is 2. The Morgan fingerprint density at radius 1 is 1.14 bits per heavy atom. The third kappa shape index (κ3) is 2.44. The topological polar surface area (TPSA) is 50.4 Å². The Hall–Kier alpha value is -2.49. The second kappa shape index (κ2) is 5.48. The number of carbonyl (C=O) groups excluding carboxylic acids is 1. The highest BCUT2D eigenvalue weighted by molar-refractivity contribution is 6.03. The van der Waals surface area contributed by atoms with Gasteiger partial charge in [0.1, 0.15) is 5.75 Å².